The van der Waals surface area contributed by atoms with Crippen molar-refractivity contribution in [1.29, 1.82) is 0 Å². The maximum atomic E-state index is 14.1. The molecule has 0 fully saturated rings. The van der Waals surface area contributed by atoms with Crippen LogP contribution in [0, 0.1) is 0 Å². The molecule has 0 radical (unpaired) electrons. The van der Waals surface area contributed by atoms with Gasteiger partial charge in [0.05, 0.1) is 16.3 Å². The first kappa shape index (κ1) is 29.2. The summed E-state index contributed by atoms with van der Waals surface area (Å²) in [6, 6.07) is 22.0. The topological polar surface area (TPSA) is 86.7 Å². The van der Waals surface area contributed by atoms with Gasteiger partial charge in [-0.05, 0) is 80.3 Å². The number of hydrogen-bond donors (Lipinski definition) is 2. The minimum absolute atomic E-state index is 0.0306. The molecule has 0 spiro atoms. The fourth-order valence-electron chi connectivity index (χ4n) is 4.67. The summed E-state index contributed by atoms with van der Waals surface area (Å²) >= 11 is 9.79. The molecule has 0 aromatic heterocycles. The van der Waals surface area contributed by atoms with E-state index in [0.29, 0.717) is 22.0 Å². The predicted octanol–water partition coefficient (Wildman–Crippen LogP) is 7.27. The Morgan fingerprint density at radius 1 is 0.923 bits per heavy atom. The number of nitrogens with one attached hydrogen (secondary N) is 1. The Kier molecular flexibility index (Phi) is 8.00. The van der Waals surface area contributed by atoms with Gasteiger partial charge in [0.25, 0.3) is 5.91 Å². The number of rotatable bonds is 4. The molecule has 6 nitrogen and oxygen atoms in total. The highest BCUT2D eigenvalue weighted by molar-refractivity contribution is 9.10. The zero-order valence-electron chi connectivity index (χ0n) is 22.3. The molecule has 4 aromatic rings. The Morgan fingerprint density at radius 2 is 1.59 bits per heavy atom. The Bertz CT molecular complexity index is 1670. The summed E-state index contributed by atoms with van der Waals surface area (Å²) in [4.78, 5) is 15.6. The highest BCUT2D eigenvalue weighted by atomic mass is 79.9. The summed E-state index contributed by atoms with van der Waals surface area (Å²) in [6.07, 6.45) is 0. The molecule has 1 atom stereocenters. The quantitative estimate of drug-likeness (QED) is 0.249. The van der Waals surface area contributed by atoms with E-state index in [1.54, 1.807) is 39.0 Å². The van der Waals surface area contributed by atoms with Crippen LogP contribution in [0.3, 0.4) is 0 Å². The number of hydrogen-bond acceptors (Lipinski definition) is 4. The lowest BCUT2D eigenvalue weighted by atomic mass is 9.87. The molecule has 5 rings (SSSR count). The standard InChI is InChI=1S/C28H24BrClN2O4S.C2H6/c1-27(2,3)31-37(35,36)21-11-7-18(8-12-21)28(34)23-16-20(30)10-14-25(23)32(26(28)33)24-6-4-5-17-15-19(29)9-13-22(17)24;1-2/h4-16,31,34H,1-3H3;1-2H3. The van der Waals surface area contributed by atoms with Crippen molar-refractivity contribution in [2.24, 2.45) is 0 Å². The number of aliphatic hydroxyl groups is 1. The number of sulfonamides is 1. The number of nitrogens with zero attached hydrogens (tertiary/aromatic N) is 1. The van der Waals surface area contributed by atoms with E-state index in [-0.39, 0.29) is 10.5 Å². The van der Waals surface area contributed by atoms with E-state index in [2.05, 4.69) is 20.7 Å². The van der Waals surface area contributed by atoms with Gasteiger partial charge in [-0.25, -0.2) is 13.1 Å². The summed E-state index contributed by atoms with van der Waals surface area (Å²) in [5, 5.41) is 14.1. The third-order valence-corrected chi connectivity index (χ3v) is 8.69. The lowest BCUT2D eigenvalue weighted by molar-refractivity contribution is -0.131. The van der Waals surface area contributed by atoms with Crippen LogP contribution < -0.4 is 9.62 Å². The Hall–Kier alpha value is -2.75. The predicted molar refractivity (Wildman–Crippen MR) is 161 cm³/mol. The van der Waals surface area contributed by atoms with Crippen molar-refractivity contribution in [3.8, 4) is 0 Å². The molecular formula is C30H30BrClN2O4S. The fourth-order valence-corrected chi connectivity index (χ4v) is 6.64. The number of halogens is 2. The number of fused-ring (bicyclic) bond motifs is 2. The van der Waals surface area contributed by atoms with Crippen molar-refractivity contribution in [2.45, 2.75) is 50.7 Å². The van der Waals surface area contributed by atoms with E-state index in [9.17, 15) is 18.3 Å². The molecule has 0 saturated heterocycles. The first-order valence-electron chi connectivity index (χ1n) is 12.5. The van der Waals surface area contributed by atoms with Gasteiger partial charge in [0, 0.05) is 26.0 Å². The van der Waals surface area contributed by atoms with Gasteiger partial charge >= 0.3 is 0 Å². The summed E-state index contributed by atoms with van der Waals surface area (Å²) in [7, 11) is -3.79. The maximum absolute atomic E-state index is 14.1. The zero-order valence-corrected chi connectivity index (χ0v) is 25.4. The lowest BCUT2D eigenvalue weighted by Gasteiger charge is -2.25. The molecule has 1 amide bonds. The number of amides is 1. The van der Waals surface area contributed by atoms with Gasteiger partial charge in [-0.2, -0.15) is 0 Å². The van der Waals surface area contributed by atoms with E-state index >= 15 is 0 Å². The summed E-state index contributed by atoms with van der Waals surface area (Å²) in [5.41, 5.74) is -1.07. The van der Waals surface area contributed by atoms with Crippen molar-refractivity contribution in [1.82, 2.24) is 4.72 Å². The monoisotopic (exact) mass is 628 g/mol. The Balaban J connectivity index is 0.00000172. The molecule has 204 valence electrons. The van der Waals surface area contributed by atoms with E-state index < -0.39 is 27.1 Å². The largest absolute Gasteiger partial charge is 0.372 e. The fraction of sp³-hybridized carbons (Fsp3) is 0.233. The number of carbonyl (C=O) groups excluding carboxylic acids is 1. The van der Waals surface area contributed by atoms with Gasteiger partial charge in [-0.3, -0.25) is 9.69 Å². The minimum Gasteiger partial charge on any atom is -0.372 e. The van der Waals surface area contributed by atoms with E-state index in [0.717, 1.165) is 15.2 Å². The van der Waals surface area contributed by atoms with Gasteiger partial charge < -0.3 is 5.11 Å². The molecule has 0 saturated carbocycles. The molecule has 4 aromatic carbocycles. The summed E-state index contributed by atoms with van der Waals surface area (Å²) in [5.74, 6) is -0.580. The molecule has 1 aliphatic heterocycles. The lowest BCUT2D eigenvalue weighted by Crippen LogP contribution is -2.41. The van der Waals surface area contributed by atoms with Crippen molar-refractivity contribution in [2.75, 3.05) is 4.90 Å². The number of anilines is 2. The maximum Gasteiger partial charge on any atom is 0.273 e. The molecule has 9 heteroatoms. The highest BCUT2D eigenvalue weighted by Gasteiger charge is 2.52. The van der Waals surface area contributed by atoms with Gasteiger partial charge in [0.2, 0.25) is 10.0 Å². The molecule has 39 heavy (non-hydrogen) atoms. The van der Waals surface area contributed by atoms with Crippen molar-refractivity contribution in [3.63, 3.8) is 0 Å². The minimum atomic E-state index is -3.79. The second-order valence-electron chi connectivity index (χ2n) is 10.0. The normalized spacial score (nSPS) is 17.1. The van der Waals surface area contributed by atoms with E-state index in [1.807, 2.05) is 50.2 Å². The highest BCUT2D eigenvalue weighted by Crippen LogP contribution is 2.49. The summed E-state index contributed by atoms with van der Waals surface area (Å²) < 4.78 is 29.1. The molecular weight excluding hydrogens is 600 g/mol. The van der Waals surface area contributed by atoms with Crippen LogP contribution in [0.15, 0.2) is 88.2 Å². The second kappa shape index (κ2) is 10.7. The van der Waals surface area contributed by atoms with Gasteiger partial charge in [0.1, 0.15) is 0 Å². The second-order valence-corrected chi connectivity index (χ2v) is 13.1. The average molecular weight is 630 g/mol. The number of carbonyl (C=O) groups is 1. The van der Waals surface area contributed by atoms with Crippen LogP contribution in [0.25, 0.3) is 10.8 Å². The Labute approximate surface area is 242 Å². The third kappa shape index (κ3) is 5.36. The van der Waals surface area contributed by atoms with Gasteiger partial charge in [-0.15, -0.1) is 0 Å². The average Bonchev–Trinajstić information content (AvgIpc) is 3.10. The van der Waals surface area contributed by atoms with Crippen LogP contribution in [0.2, 0.25) is 5.02 Å². The van der Waals surface area contributed by atoms with E-state index in [1.165, 1.54) is 29.2 Å². The first-order valence-corrected chi connectivity index (χ1v) is 15.2. The van der Waals surface area contributed by atoms with Crippen LogP contribution in [-0.4, -0.2) is 25.0 Å². The van der Waals surface area contributed by atoms with Crippen LogP contribution in [-0.2, 0) is 20.4 Å². The SMILES string of the molecule is CC.CC(C)(C)NS(=O)(=O)c1ccc(C2(O)C(=O)N(c3cccc4cc(Br)ccc34)c3ccc(Cl)cc32)cc1. The van der Waals surface area contributed by atoms with E-state index in [4.69, 9.17) is 11.6 Å². The third-order valence-electron chi connectivity index (χ3n) is 6.19. The van der Waals surface area contributed by atoms with Crippen LogP contribution in [0.4, 0.5) is 11.4 Å². The smallest absolute Gasteiger partial charge is 0.273 e. The van der Waals surface area contributed by atoms with Gasteiger partial charge in [0.15, 0.2) is 5.60 Å². The number of benzene rings is 4. The molecule has 0 bridgehead atoms. The first-order chi connectivity index (χ1) is 18.3. The van der Waals surface area contributed by atoms with Crippen LogP contribution in [0.5, 0.6) is 0 Å². The molecule has 0 aliphatic carbocycles. The Morgan fingerprint density at radius 3 is 2.23 bits per heavy atom. The summed E-state index contributed by atoms with van der Waals surface area (Å²) in [6.45, 7) is 9.25. The van der Waals surface area contributed by atoms with Crippen LogP contribution >= 0.6 is 27.5 Å². The molecule has 1 aliphatic rings. The van der Waals surface area contributed by atoms with Crippen molar-refractivity contribution < 1.29 is 18.3 Å². The van der Waals surface area contributed by atoms with Crippen LogP contribution in [0.1, 0.15) is 45.7 Å². The van der Waals surface area contributed by atoms with Gasteiger partial charge in [-0.1, -0.05) is 71.7 Å². The molecule has 1 heterocycles. The molecule has 2 N–H and O–H groups in total. The molecule has 1 unspecified atom stereocenters. The van der Waals surface area contributed by atoms with Crippen molar-refractivity contribution >= 4 is 65.6 Å². The van der Waals surface area contributed by atoms with Crippen molar-refractivity contribution in [3.05, 3.63) is 99.5 Å². The zero-order chi connectivity index (χ0) is 28.8.